The van der Waals surface area contributed by atoms with Gasteiger partial charge in [0, 0.05) is 17.7 Å². The Labute approximate surface area is 156 Å². The smallest absolute Gasteiger partial charge is 0.257 e. The first-order valence-corrected chi connectivity index (χ1v) is 9.24. The maximum absolute atomic E-state index is 13.0. The second-order valence-corrected chi connectivity index (χ2v) is 6.85. The number of alkyl halides is 3. The van der Waals surface area contributed by atoms with Crippen LogP contribution in [0.1, 0.15) is 41.9 Å². The number of fused-ring (bicyclic) bond motifs is 3. The van der Waals surface area contributed by atoms with Crippen molar-refractivity contribution in [3.8, 4) is 22.3 Å². The molecule has 0 saturated heterocycles. The van der Waals surface area contributed by atoms with Crippen LogP contribution in [0.2, 0.25) is 0 Å². The molecule has 0 amide bonds. The van der Waals surface area contributed by atoms with Crippen molar-refractivity contribution in [1.82, 2.24) is 4.98 Å². The van der Waals surface area contributed by atoms with Gasteiger partial charge in [0.2, 0.25) is 0 Å². The molecule has 0 radical (unpaired) electrons. The predicted molar refractivity (Wildman–Crippen MR) is 102 cm³/mol. The van der Waals surface area contributed by atoms with Crippen molar-refractivity contribution in [1.29, 1.82) is 0 Å². The highest BCUT2D eigenvalue weighted by molar-refractivity contribution is 5.91. The molecule has 1 heterocycles. The highest BCUT2D eigenvalue weighted by atomic mass is 19.4. The van der Waals surface area contributed by atoms with E-state index < -0.39 is 11.7 Å². The van der Waals surface area contributed by atoms with E-state index in [1.165, 1.54) is 17.7 Å². The van der Waals surface area contributed by atoms with E-state index in [2.05, 4.69) is 26.0 Å². The Morgan fingerprint density at radius 1 is 0.889 bits per heavy atom. The molecule has 0 bridgehead atoms. The molecular weight excluding hydrogens is 347 g/mol. The summed E-state index contributed by atoms with van der Waals surface area (Å²) in [6.45, 7) is 4.16. The molecule has 2 aromatic carbocycles. The van der Waals surface area contributed by atoms with Crippen molar-refractivity contribution < 1.29 is 13.2 Å². The second-order valence-electron chi connectivity index (χ2n) is 6.85. The number of nitrogens with zero attached hydrogens (tertiary/aromatic N) is 1. The van der Waals surface area contributed by atoms with Gasteiger partial charge in [-0.05, 0) is 52.8 Å². The van der Waals surface area contributed by atoms with Crippen LogP contribution in [0, 0.1) is 0 Å². The standard InChI is InChI=1S/C23H20F3N/c1-3-17-19(4-2)27-20-13-15-7-5-6-8-18(15)22(20)21(17)14-9-11-16(12-10-14)23(24,25)26/h5-12H,3-4,13H2,1-2H3. The predicted octanol–water partition coefficient (Wildman–Crippen LogP) is 6.46. The fourth-order valence-corrected chi connectivity index (χ4v) is 4.06. The van der Waals surface area contributed by atoms with Crippen molar-refractivity contribution in [2.24, 2.45) is 0 Å². The molecular formula is C23H20F3N. The van der Waals surface area contributed by atoms with Gasteiger partial charge in [0.25, 0.3) is 0 Å². The molecule has 3 aromatic rings. The summed E-state index contributed by atoms with van der Waals surface area (Å²) < 4.78 is 39.0. The van der Waals surface area contributed by atoms with Gasteiger partial charge in [-0.1, -0.05) is 50.2 Å². The largest absolute Gasteiger partial charge is 0.416 e. The van der Waals surface area contributed by atoms with Crippen LogP contribution in [-0.2, 0) is 25.4 Å². The van der Waals surface area contributed by atoms with E-state index in [1.807, 2.05) is 12.1 Å². The lowest BCUT2D eigenvalue weighted by molar-refractivity contribution is -0.137. The third-order valence-corrected chi connectivity index (χ3v) is 5.29. The van der Waals surface area contributed by atoms with Crippen LogP contribution >= 0.6 is 0 Å². The molecule has 1 aliphatic rings. The Morgan fingerprint density at radius 2 is 1.59 bits per heavy atom. The van der Waals surface area contributed by atoms with E-state index in [1.54, 1.807) is 12.1 Å². The summed E-state index contributed by atoms with van der Waals surface area (Å²) >= 11 is 0. The molecule has 0 atom stereocenters. The highest BCUT2D eigenvalue weighted by Gasteiger charge is 2.31. The minimum atomic E-state index is -4.33. The Kier molecular flexibility index (Phi) is 4.29. The Morgan fingerprint density at radius 3 is 2.22 bits per heavy atom. The summed E-state index contributed by atoms with van der Waals surface area (Å²) in [6.07, 6.45) is -1.95. The average molecular weight is 367 g/mol. The van der Waals surface area contributed by atoms with Crippen LogP contribution in [0.5, 0.6) is 0 Å². The van der Waals surface area contributed by atoms with Crippen LogP contribution in [0.4, 0.5) is 13.2 Å². The van der Waals surface area contributed by atoms with Crippen LogP contribution < -0.4 is 0 Å². The van der Waals surface area contributed by atoms with Gasteiger partial charge in [-0.25, -0.2) is 0 Å². The number of benzene rings is 2. The van der Waals surface area contributed by atoms with Gasteiger partial charge in [-0.3, -0.25) is 4.98 Å². The lowest BCUT2D eigenvalue weighted by atomic mass is 9.89. The molecule has 0 N–H and O–H groups in total. The quantitative estimate of drug-likeness (QED) is 0.405. The number of hydrogen-bond acceptors (Lipinski definition) is 1. The molecule has 0 aliphatic heterocycles. The van der Waals surface area contributed by atoms with Gasteiger partial charge < -0.3 is 0 Å². The summed E-state index contributed by atoms with van der Waals surface area (Å²) in [5.41, 5.74) is 7.90. The normalized spacial score (nSPS) is 12.8. The topological polar surface area (TPSA) is 12.9 Å². The summed E-state index contributed by atoms with van der Waals surface area (Å²) in [5.74, 6) is 0. The van der Waals surface area contributed by atoms with Crippen LogP contribution in [0.15, 0.2) is 48.5 Å². The van der Waals surface area contributed by atoms with Gasteiger partial charge in [0.05, 0.1) is 11.3 Å². The van der Waals surface area contributed by atoms with Crippen molar-refractivity contribution >= 4 is 0 Å². The minimum absolute atomic E-state index is 0.619. The van der Waals surface area contributed by atoms with Gasteiger partial charge in [0.1, 0.15) is 0 Å². The Balaban J connectivity index is 1.99. The average Bonchev–Trinajstić information content (AvgIpc) is 3.04. The minimum Gasteiger partial charge on any atom is -0.257 e. The zero-order valence-electron chi connectivity index (χ0n) is 15.3. The molecule has 4 rings (SSSR count). The van der Waals surface area contributed by atoms with Crippen LogP contribution in [0.3, 0.4) is 0 Å². The lowest BCUT2D eigenvalue weighted by Gasteiger charge is -2.18. The molecule has 0 spiro atoms. The molecule has 1 aromatic heterocycles. The van der Waals surface area contributed by atoms with Crippen LogP contribution in [0.25, 0.3) is 22.3 Å². The fraction of sp³-hybridized carbons (Fsp3) is 0.261. The molecule has 0 saturated carbocycles. The SMILES string of the molecule is CCc1nc2c(c(-c3ccc(C(F)(F)F)cc3)c1CC)-c1ccccc1C2. The number of aromatic nitrogens is 1. The number of rotatable bonds is 3. The first-order chi connectivity index (χ1) is 12.9. The molecule has 0 unspecified atom stereocenters. The first kappa shape index (κ1) is 17.8. The monoisotopic (exact) mass is 367 g/mol. The van der Waals surface area contributed by atoms with E-state index in [9.17, 15) is 13.2 Å². The van der Waals surface area contributed by atoms with Crippen molar-refractivity contribution in [3.05, 3.63) is 76.6 Å². The zero-order valence-corrected chi connectivity index (χ0v) is 15.3. The summed E-state index contributed by atoms with van der Waals surface area (Å²) in [5, 5.41) is 0. The number of hydrogen-bond donors (Lipinski definition) is 0. The van der Waals surface area contributed by atoms with E-state index >= 15 is 0 Å². The molecule has 138 valence electrons. The highest BCUT2D eigenvalue weighted by Crippen LogP contribution is 2.45. The van der Waals surface area contributed by atoms with E-state index in [-0.39, 0.29) is 0 Å². The zero-order chi connectivity index (χ0) is 19.2. The maximum atomic E-state index is 13.0. The molecule has 1 nitrogen and oxygen atoms in total. The molecule has 27 heavy (non-hydrogen) atoms. The fourth-order valence-electron chi connectivity index (χ4n) is 4.06. The number of halogens is 3. The maximum Gasteiger partial charge on any atom is 0.416 e. The second kappa shape index (κ2) is 6.52. The number of pyridine rings is 1. The van der Waals surface area contributed by atoms with Crippen molar-refractivity contribution in [2.75, 3.05) is 0 Å². The molecule has 4 heteroatoms. The third-order valence-electron chi connectivity index (χ3n) is 5.29. The van der Waals surface area contributed by atoms with Gasteiger partial charge in [-0.2, -0.15) is 13.2 Å². The van der Waals surface area contributed by atoms with Crippen molar-refractivity contribution in [3.63, 3.8) is 0 Å². The summed E-state index contributed by atoms with van der Waals surface area (Å²) in [4.78, 5) is 4.92. The third kappa shape index (κ3) is 2.93. The summed E-state index contributed by atoms with van der Waals surface area (Å²) in [6, 6.07) is 13.7. The van der Waals surface area contributed by atoms with E-state index in [0.717, 1.165) is 58.5 Å². The lowest BCUT2D eigenvalue weighted by Crippen LogP contribution is -2.06. The number of aryl methyl sites for hydroxylation is 1. The Bertz CT molecular complexity index is 1000. The first-order valence-electron chi connectivity index (χ1n) is 9.24. The molecule has 0 fully saturated rings. The van der Waals surface area contributed by atoms with Gasteiger partial charge in [-0.15, -0.1) is 0 Å². The summed E-state index contributed by atoms with van der Waals surface area (Å²) in [7, 11) is 0. The van der Waals surface area contributed by atoms with Gasteiger partial charge in [0.15, 0.2) is 0 Å². The molecule has 1 aliphatic carbocycles. The Hall–Kier alpha value is -2.62. The van der Waals surface area contributed by atoms with Crippen molar-refractivity contribution in [2.45, 2.75) is 39.3 Å². The van der Waals surface area contributed by atoms with Gasteiger partial charge >= 0.3 is 6.18 Å². The van der Waals surface area contributed by atoms with E-state index in [0.29, 0.717) is 0 Å². The van der Waals surface area contributed by atoms with E-state index in [4.69, 9.17) is 4.98 Å². The van der Waals surface area contributed by atoms with Crippen LogP contribution in [-0.4, -0.2) is 4.98 Å².